The van der Waals surface area contributed by atoms with Gasteiger partial charge in [0.2, 0.25) is 22.1 Å². The highest BCUT2D eigenvalue weighted by Gasteiger charge is 2.17. The number of rotatable bonds is 12. The van der Waals surface area contributed by atoms with E-state index in [0.29, 0.717) is 49.8 Å². The Kier molecular flexibility index (Phi) is 10.6. The maximum Gasteiger partial charge on any atom is 0.240 e. The van der Waals surface area contributed by atoms with Crippen molar-refractivity contribution in [3.8, 4) is 0 Å². The number of nitrogens with one attached hydrogen (secondary N) is 2. The zero-order chi connectivity index (χ0) is 24.3. The standard InChI is InChI=1S/C20H30N8O4S3/c29-15(13-27-3-7-31-8-4-27)21-19-25-23-17(34-19)1-11-33-12-2-18-24-26-20(35-18)22-16(30)14-28-5-9-32-10-6-28/h1-14H2,(H,21,25,29)(H,22,26,30). The van der Waals surface area contributed by atoms with E-state index in [9.17, 15) is 9.59 Å². The van der Waals surface area contributed by atoms with Gasteiger partial charge in [0.1, 0.15) is 10.0 Å². The van der Waals surface area contributed by atoms with Gasteiger partial charge in [-0.05, 0) is 11.5 Å². The number of ether oxygens (including phenoxy) is 2. The number of hydrogen-bond donors (Lipinski definition) is 2. The molecule has 2 aliphatic heterocycles. The van der Waals surface area contributed by atoms with Crippen molar-refractivity contribution in [3.63, 3.8) is 0 Å². The largest absolute Gasteiger partial charge is 0.379 e. The molecule has 0 bridgehead atoms. The highest BCUT2D eigenvalue weighted by molar-refractivity contribution is 7.99. The number of carbonyl (C=O) groups is 2. The van der Waals surface area contributed by atoms with Crippen LogP contribution in [0.25, 0.3) is 0 Å². The summed E-state index contributed by atoms with van der Waals surface area (Å²) in [5, 5.41) is 25.1. The normalized spacial score (nSPS) is 17.4. The number of aryl methyl sites for hydroxylation is 2. The van der Waals surface area contributed by atoms with Gasteiger partial charge in [0, 0.05) is 39.0 Å². The smallest absolute Gasteiger partial charge is 0.240 e. The molecule has 2 aliphatic rings. The molecule has 0 radical (unpaired) electrons. The van der Waals surface area contributed by atoms with Crippen molar-refractivity contribution in [2.45, 2.75) is 12.8 Å². The van der Waals surface area contributed by atoms with Crippen molar-refractivity contribution < 1.29 is 19.1 Å². The number of aromatic nitrogens is 4. The molecule has 0 aromatic carbocycles. The molecular formula is C20H30N8O4S3. The predicted molar refractivity (Wildman–Crippen MR) is 136 cm³/mol. The summed E-state index contributed by atoms with van der Waals surface area (Å²) in [6.07, 6.45) is 1.58. The zero-order valence-electron chi connectivity index (χ0n) is 19.4. The van der Waals surface area contributed by atoms with Crippen molar-refractivity contribution in [1.82, 2.24) is 30.2 Å². The third-order valence-corrected chi connectivity index (χ3v) is 8.07. The molecule has 15 heteroatoms. The fraction of sp³-hybridized carbons (Fsp3) is 0.700. The molecule has 0 saturated carbocycles. The molecule has 2 aromatic rings. The zero-order valence-corrected chi connectivity index (χ0v) is 21.9. The van der Waals surface area contributed by atoms with Crippen LogP contribution in [0.4, 0.5) is 10.3 Å². The Morgan fingerprint density at radius 3 is 1.60 bits per heavy atom. The summed E-state index contributed by atoms with van der Waals surface area (Å²) >= 11 is 4.64. The van der Waals surface area contributed by atoms with Crippen molar-refractivity contribution in [1.29, 1.82) is 0 Å². The van der Waals surface area contributed by atoms with Gasteiger partial charge in [-0.3, -0.25) is 30.0 Å². The summed E-state index contributed by atoms with van der Waals surface area (Å²) in [5.41, 5.74) is 0. The van der Waals surface area contributed by atoms with Crippen molar-refractivity contribution in [2.24, 2.45) is 0 Å². The first-order valence-electron chi connectivity index (χ1n) is 11.6. The molecule has 2 saturated heterocycles. The van der Waals surface area contributed by atoms with Crippen molar-refractivity contribution in [2.75, 3.05) is 87.8 Å². The summed E-state index contributed by atoms with van der Waals surface area (Å²) in [6, 6.07) is 0. The molecule has 12 nitrogen and oxygen atoms in total. The Balaban J connectivity index is 1.08. The van der Waals surface area contributed by atoms with Gasteiger partial charge in [-0.2, -0.15) is 11.8 Å². The molecule has 2 aromatic heterocycles. The van der Waals surface area contributed by atoms with Crippen LogP contribution in [-0.4, -0.2) is 119 Å². The second-order valence-electron chi connectivity index (χ2n) is 7.99. The highest BCUT2D eigenvalue weighted by Crippen LogP contribution is 2.20. The fourth-order valence-corrected chi connectivity index (χ4v) is 6.12. The second-order valence-corrected chi connectivity index (χ2v) is 11.3. The molecule has 192 valence electrons. The lowest BCUT2D eigenvalue weighted by atomic mass is 10.4. The van der Waals surface area contributed by atoms with Gasteiger partial charge in [0.25, 0.3) is 0 Å². The third kappa shape index (κ3) is 9.33. The van der Waals surface area contributed by atoms with Crippen LogP contribution in [0.15, 0.2) is 0 Å². The van der Waals surface area contributed by atoms with Crippen LogP contribution in [0, 0.1) is 0 Å². The van der Waals surface area contributed by atoms with Gasteiger partial charge >= 0.3 is 0 Å². The average molecular weight is 543 g/mol. The Labute approximate surface area is 216 Å². The molecule has 2 N–H and O–H groups in total. The molecule has 4 heterocycles. The molecule has 0 spiro atoms. The van der Waals surface area contributed by atoms with Gasteiger partial charge in [-0.1, -0.05) is 22.7 Å². The van der Waals surface area contributed by atoms with Gasteiger partial charge in [0.05, 0.1) is 39.5 Å². The monoisotopic (exact) mass is 542 g/mol. The van der Waals surface area contributed by atoms with E-state index in [0.717, 1.165) is 60.5 Å². The van der Waals surface area contributed by atoms with E-state index < -0.39 is 0 Å². The van der Waals surface area contributed by atoms with Gasteiger partial charge in [0.15, 0.2) is 0 Å². The molecule has 0 unspecified atom stereocenters. The Bertz CT molecular complexity index is 872. The minimum absolute atomic E-state index is 0.0716. The number of amides is 2. The Hall–Kier alpha value is -1.75. The summed E-state index contributed by atoms with van der Waals surface area (Å²) in [5.74, 6) is 1.66. The van der Waals surface area contributed by atoms with Crippen LogP contribution in [0.1, 0.15) is 10.0 Å². The van der Waals surface area contributed by atoms with E-state index in [1.165, 1.54) is 22.7 Å². The van der Waals surface area contributed by atoms with Crippen LogP contribution in [0.5, 0.6) is 0 Å². The van der Waals surface area contributed by atoms with E-state index in [-0.39, 0.29) is 11.8 Å². The number of thioether (sulfide) groups is 1. The lowest BCUT2D eigenvalue weighted by Crippen LogP contribution is -2.41. The number of anilines is 2. The van der Waals surface area contributed by atoms with Crippen LogP contribution < -0.4 is 10.6 Å². The Morgan fingerprint density at radius 2 is 1.17 bits per heavy atom. The lowest BCUT2D eigenvalue weighted by Gasteiger charge is -2.25. The minimum atomic E-state index is -0.0716. The fourth-order valence-electron chi connectivity index (χ4n) is 3.47. The van der Waals surface area contributed by atoms with Crippen LogP contribution in [0.2, 0.25) is 0 Å². The topological polar surface area (TPSA) is 135 Å². The third-order valence-electron chi connectivity index (χ3n) is 5.29. The van der Waals surface area contributed by atoms with Crippen molar-refractivity contribution in [3.05, 3.63) is 10.0 Å². The van der Waals surface area contributed by atoms with E-state index >= 15 is 0 Å². The predicted octanol–water partition coefficient (Wildman–Crippen LogP) is 0.449. The number of morpholine rings is 2. The first-order chi connectivity index (χ1) is 17.1. The first-order valence-corrected chi connectivity index (χ1v) is 14.4. The maximum absolute atomic E-state index is 12.2. The van der Waals surface area contributed by atoms with Gasteiger partial charge in [-0.25, -0.2) is 0 Å². The molecule has 0 aliphatic carbocycles. The number of nitrogens with zero attached hydrogens (tertiary/aromatic N) is 6. The van der Waals surface area contributed by atoms with E-state index in [2.05, 4.69) is 40.8 Å². The van der Waals surface area contributed by atoms with E-state index in [1.807, 2.05) is 0 Å². The summed E-state index contributed by atoms with van der Waals surface area (Å²) in [7, 11) is 0. The van der Waals surface area contributed by atoms with E-state index in [4.69, 9.17) is 9.47 Å². The second kappa shape index (κ2) is 14.1. The highest BCUT2D eigenvalue weighted by atomic mass is 32.2. The average Bonchev–Trinajstić information content (AvgIpc) is 3.49. The van der Waals surface area contributed by atoms with Crippen LogP contribution in [-0.2, 0) is 31.9 Å². The lowest BCUT2D eigenvalue weighted by molar-refractivity contribution is -0.119. The molecule has 35 heavy (non-hydrogen) atoms. The number of hydrogen-bond acceptors (Lipinski definition) is 13. The van der Waals surface area contributed by atoms with Crippen LogP contribution >= 0.6 is 34.4 Å². The first kappa shape index (κ1) is 26.3. The van der Waals surface area contributed by atoms with Crippen LogP contribution in [0.3, 0.4) is 0 Å². The summed E-state index contributed by atoms with van der Waals surface area (Å²) in [4.78, 5) is 28.5. The molecular weight excluding hydrogens is 512 g/mol. The SMILES string of the molecule is O=C(CN1CCOCC1)Nc1nnc(CCSCCc2nnc(NC(=O)CN3CCOCC3)s2)s1. The maximum atomic E-state index is 12.2. The number of carbonyl (C=O) groups excluding carboxylic acids is 2. The molecule has 0 atom stereocenters. The minimum Gasteiger partial charge on any atom is -0.379 e. The molecule has 2 amide bonds. The van der Waals surface area contributed by atoms with Crippen molar-refractivity contribution >= 4 is 56.5 Å². The summed E-state index contributed by atoms with van der Waals surface area (Å²) < 4.78 is 10.6. The van der Waals surface area contributed by atoms with E-state index in [1.54, 1.807) is 11.8 Å². The summed E-state index contributed by atoms with van der Waals surface area (Å²) in [6.45, 7) is 6.45. The van der Waals surface area contributed by atoms with Gasteiger partial charge < -0.3 is 9.47 Å². The molecule has 4 rings (SSSR count). The quantitative estimate of drug-likeness (QED) is 0.362. The molecule has 2 fully saturated rings. The van der Waals surface area contributed by atoms with Gasteiger partial charge in [-0.15, -0.1) is 20.4 Å². The Morgan fingerprint density at radius 1 is 0.743 bits per heavy atom.